The Kier molecular flexibility index (Phi) is 10.1. The minimum Gasteiger partial charge on any atom is -0.388 e. The van der Waals surface area contributed by atoms with Gasteiger partial charge in [0.2, 0.25) is 0 Å². The summed E-state index contributed by atoms with van der Waals surface area (Å²) in [6, 6.07) is -3.52. The zero-order chi connectivity index (χ0) is 30.9. The molecule has 8 nitrogen and oxygen atoms in total. The number of carbonyl (C=O) groups excluding carboxylic acids is 2. The van der Waals surface area contributed by atoms with Crippen LogP contribution in [0.4, 0.5) is 27.8 Å². The maximum atomic E-state index is 14.2. The Balaban J connectivity index is 1.98. The Morgan fingerprint density at radius 1 is 1.22 bits per heavy atom. The minimum absolute atomic E-state index is 0.170. The molecule has 0 bridgehead atoms. The lowest BCUT2D eigenvalue weighted by Crippen LogP contribution is -2.49. The number of aromatic nitrogens is 1. The van der Waals surface area contributed by atoms with E-state index in [0.29, 0.717) is 32.2 Å². The average Bonchev–Trinajstić information content (AvgIpc) is 3.62. The van der Waals surface area contributed by atoms with Crippen molar-refractivity contribution in [3.05, 3.63) is 23.4 Å². The third-order valence-corrected chi connectivity index (χ3v) is 8.01. The quantitative estimate of drug-likeness (QED) is 0.147. The van der Waals surface area contributed by atoms with E-state index < -0.39 is 65.4 Å². The summed E-state index contributed by atoms with van der Waals surface area (Å²) in [5, 5.41) is 15.0. The van der Waals surface area contributed by atoms with Crippen LogP contribution in [0, 0.1) is 5.92 Å². The molecule has 2 fully saturated rings. The van der Waals surface area contributed by atoms with Crippen molar-refractivity contribution in [2.24, 2.45) is 10.9 Å². The van der Waals surface area contributed by atoms with Crippen molar-refractivity contribution in [2.45, 2.75) is 103 Å². The van der Waals surface area contributed by atoms with Crippen molar-refractivity contribution in [2.75, 3.05) is 11.9 Å². The normalized spacial score (nSPS) is 20.5. The zero-order valence-electron chi connectivity index (χ0n) is 23.6. The van der Waals surface area contributed by atoms with Crippen LogP contribution in [0.5, 0.6) is 0 Å². The molecule has 228 valence electrons. The van der Waals surface area contributed by atoms with E-state index in [0.717, 1.165) is 12.3 Å². The average molecular weight is 606 g/mol. The molecule has 0 aromatic carbocycles. The van der Waals surface area contributed by atoms with Crippen molar-refractivity contribution in [3.63, 3.8) is 0 Å². The molecule has 1 aliphatic heterocycles. The highest BCUT2D eigenvalue weighted by Crippen LogP contribution is 2.42. The van der Waals surface area contributed by atoms with Gasteiger partial charge in [-0.25, -0.2) is 13.8 Å². The van der Waals surface area contributed by atoms with Crippen LogP contribution in [-0.2, 0) is 9.59 Å². The van der Waals surface area contributed by atoms with Crippen molar-refractivity contribution >= 4 is 40.4 Å². The number of alkyl halides is 5. The van der Waals surface area contributed by atoms with Gasteiger partial charge in [-0.2, -0.15) is 13.2 Å². The summed E-state index contributed by atoms with van der Waals surface area (Å²) in [5.41, 5.74) is -2.45. The van der Waals surface area contributed by atoms with Crippen LogP contribution in [0.25, 0.3) is 0 Å². The second-order valence-electron chi connectivity index (χ2n) is 11.3. The van der Waals surface area contributed by atoms with E-state index in [2.05, 4.69) is 20.6 Å². The van der Waals surface area contributed by atoms with Crippen molar-refractivity contribution in [1.82, 2.24) is 15.2 Å². The van der Waals surface area contributed by atoms with Crippen LogP contribution in [0.15, 0.2) is 17.3 Å². The SMILES string of the molecule is C/C(=N\C(C(=O)N1CCC[C@@H]1C)C(=S)c1cnc(N[C@H](C2CC2)C(F)(F)F)cc1C(F)F)C(=O)N[C@@H](C)C(C)(C)O. The first kappa shape index (κ1) is 32.8. The number of hydrogen-bond donors (Lipinski definition) is 3. The molecule has 1 aliphatic carbocycles. The van der Waals surface area contributed by atoms with E-state index in [9.17, 15) is 36.6 Å². The third kappa shape index (κ3) is 8.18. The number of halogens is 5. The monoisotopic (exact) mass is 605 g/mol. The fraction of sp³-hybridized carbons (Fsp3) is 0.667. The van der Waals surface area contributed by atoms with Crippen LogP contribution in [0.3, 0.4) is 0 Å². The fourth-order valence-corrected chi connectivity index (χ4v) is 4.84. The van der Waals surface area contributed by atoms with Crippen LogP contribution in [-0.4, -0.2) is 79.9 Å². The summed E-state index contributed by atoms with van der Waals surface area (Å²) in [4.78, 5) is 35.8. The number of likely N-dealkylation sites (tertiary alicyclic amines) is 1. The highest BCUT2D eigenvalue weighted by molar-refractivity contribution is 7.81. The van der Waals surface area contributed by atoms with Gasteiger partial charge in [0, 0.05) is 29.9 Å². The van der Waals surface area contributed by atoms with E-state index in [1.165, 1.54) is 25.7 Å². The number of nitrogens with zero attached hydrogens (tertiary/aromatic N) is 3. The highest BCUT2D eigenvalue weighted by atomic mass is 32.1. The van der Waals surface area contributed by atoms with Crippen molar-refractivity contribution in [1.29, 1.82) is 0 Å². The number of anilines is 1. The van der Waals surface area contributed by atoms with E-state index in [1.54, 1.807) is 6.92 Å². The number of amides is 2. The van der Waals surface area contributed by atoms with Crippen LogP contribution in [0.1, 0.15) is 77.9 Å². The van der Waals surface area contributed by atoms with Gasteiger partial charge in [0.05, 0.1) is 22.2 Å². The predicted molar refractivity (Wildman–Crippen MR) is 148 cm³/mol. The molecule has 1 aromatic rings. The summed E-state index contributed by atoms with van der Waals surface area (Å²) < 4.78 is 69.0. The van der Waals surface area contributed by atoms with Crippen LogP contribution < -0.4 is 10.6 Å². The largest absolute Gasteiger partial charge is 0.408 e. The Labute approximate surface area is 241 Å². The molecule has 3 rings (SSSR count). The van der Waals surface area contributed by atoms with Gasteiger partial charge >= 0.3 is 6.18 Å². The molecule has 1 aromatic heterocycles. The molecule has 2 heterocycles. The first-order chi connectivity index (χ1) is 18.9. The number of carbonyl (C=O) groups is 2. The molecule has 2 amide bonds. The van der Waals surface area contributed by atoms with Gasteiger partial charge in [0.1, 0.15) is 11.9 Å². The summed E-state index contributed by atoms with van der Waals surface area (Å²) in [6.07, 6.45) is -4.69. The maximum absolute atomic E-state index is 14.2. The standard InChI is InChI=1S/C27H36F5N5O3S/c1-13-7-6-10-37(13)25(39)20(34-14(2)24(38)35-15(3)26(4,5)40)21(41)18-12-33-19(11-17(18)23(28)29)36-22(16-8-9-16)27(30,31)32/h11-13,15-16,20,22-23,40H,6-10H2,1-5H3,(H,33,36)(H,35,38)/b34-14+/t13-,15-,20?,22+/m0/s1. The van der Waals surface area contributed by atoms with Gasteiger partial charge in [0.15, 0.2) is 6.04 Å². The second-order valence-corrected chi connectivity index (χ2v) is 11.8. The highest BCUT2D eigenvalue weighted by Gasteiger charge is 2.49. The molecule has 1 saturated heterocycles. The molecular weight excluding hydrogens is 569 g/mol. The third-order valence-electron chi connectivity index (χ3n) is 7.56. The van der Waals surface area contributed by atoms with Crippen molar-refractivity contribution < 1.29 is 36.6 Å². The lowest BCUT2D eigenvalue weighted by molar-refractivity contribution is -0.146. The maximum Gasteiger partial charge on any atom is 0.408 e. The van der Waals surface area contributed by atoms with E-state index in [4.69, 9.17) is 12.2 Å². The van der Waals surface area contributed by atoms with Gasteiger partial charge < -0.3 is 20.6 Å². The fourth-order valence-electron chi connectivity index (χ4n) is 4.51. The molecule has 1 unspecified atom stereocenters. The molecule has 3 N–H and O–H groups in total. The predicted octanol–water partition coefficient (Wildman–Crippen LogP) is 4.61. The summed E-state index contributed by atoms with van der Waals surface area (Å²) in [5.74, 6) is -2.34. The summed E-state index contributed by atoms with van der Waals surface area (Å²) in [7, 11) is 0. The molecular formula is C27H36F5N5O3S. The summed E-state index contributed by atoms with van der Waals surface area (Å²) in [6.45, 7) is 8.12. The lowest BCUT2D eigenvalue weighted by Gasteiger charge is -2.28. The zero-order valence-corrected chi connectivity index (χ0v) is 24.4. The molecule has 41 heavy (non-hydrogen) atoms. The minimum atomic E-state index is -4.60. The molecule has 0 spiro atoms. The Morgan fingerprint density at radius 2 is 1.85 bits per heavy atom. The van der Waals surface area contributed by atoms with Gasteiger partial charge in [-0.05, 0) is 72.3 Å². The molecule has 1 saturated carbocycles. The first-order valence-corrected chi connectivity index (χ1v) is 13.9. The number of aliphatic hydroxyl groups is 1. The van der Waals surface area contributed by atoms with E-state index in [-0.39, 0.29) is 22.2 Å². The molecule has 14 heteroatoms. The summed E-state index contributed by atoms with van der Waals surface area (Å²) >= 11 is 5.49. The molecule has 2 aliphatic rings. The van der Waals surface area contributed by atoms with Gasteiger partial charge in [-0.1, -0.05) is 12.2 Å². The Bertz CT molecular complexity index is 1180. The Hall–Kier alpha value is -2.74. The first-order valence-electron chi connectivity index (χ1n) is 13.5. The number of aliphatic imine (C=N–C) groups is 1. The number of thiocarbonyl (C=S) groups is 1. The second kappa shape index (κ2) is 12.6. The lowest BCUT2D eigenvalue weighted by atomic mass is 10.00. The van der Waals surface area contributed by atoms with Gasteiger partial charge in [-0.3, -0.25) is 14.6 Å². The van der Waals surface area contributed by atoms with E-state index >= 15 is 0 Å². The number of hydrogen-bond acceptors (Lipinski definition) is 7. The number of nitrogens with one attached hydrogen (secondary N) is 2. The van der Waals surface area contributed by atoms with Crippen LogP contribution in [0.2, 0.25) is 0 Å². The number of pyridine rings is 1. The van der Waals surface area contributed by atoms with Crippen LogP contribution >= 0.6 is 12.2 Å². The smallest absolute Gasteiger partial charge is 0.388 e. The van der Waals surface area contributed by atoms with Gasteiger partial charge in [0.25, 0.3) is 18.2 Å². The van der Waals surface area contributed by atoms with Gasteiger partial charge in [-0.15, -0.1) is 0 Å². The topological polar surface area (TPSA) is 107 Å². The Morgan fingerprint density at radius 3 is 2.34 bits per heavy atom. The van der Waals surface area contributed by atoms with Crippen molar-refractivity contribution in [3.8, 4) is 0 Å². The number of rotatable bonds is 11. The van der Waals surface area contributed by atoms with E-state index in [1.807, 2.05) is 6.92 Å². The molecule has 0 radical (unpaired) electrons. The molecule has 4 atom stereocenters.